The van der Waals surface area contributed by atoms with E-state index in [1.165, 1.54) is 25.6 Å². The first kappa shape index (κ1) is 17.7. The molecule has 0 bridgehead atoms. The third kappa shape index (κ3) is 3.31. The molecule has 2 aromatic heterocycles. The number of carbonyl (C=O) groups is 3. The van der Waals surface area contributed by atoms with Gasteiger partial charge in [0.25, 0.3) is 0 Å². The Morgan fingerprint density at radius 2 is 1.81 bits per heavy atom. The van der Waals surface area contributed by atoms with Gasteiger partial charge in [0.1, 0.15) is 17.1 Å². The number of rotatable bonds is 5. The number of esters is 2. The summed E-state index contributed by atoms with van der Waals surface area (Å²) >= 11 is 1.42. The fourth-order valence-corrected chi connectivity index (χ4v) is 3.52. The van der Waals surface area contributed by atoms with Gasteiger partial charge in [0.2, 0.25) is 5.91 Å². The number of ether oxygens (including phenoxy) is 2. The number of para-hydroxylation sites is 1. The molecular formula is C18H16N2O5S. The van der Waals surface area contributed by atoms with Gasteiger partial charge < -0.3 is 19.4 Å². The zero-order valence-electron chi connectivity index (χ0n) is 14.1. The Kier molecular flexibility index (Phi) is 5.04. The zero-order valence-corrected chi connectivity index (χ0v) is 15.0. The highest BCUT2D eigenvalue weighted by atomic mass is 32.1. The number of fused-ring (bicyclic) bond motifs is 1. The molecule has 0 radical (unpaired) electrons. The number of methoxy groups -OCH3 is 2. The number of thiophene rings is 1. The van der Waals surface area contributed by atoms with Crippen LogP contribution in [0, 0.1) is 0 Å². The van der Waals surface area contributed by atoms with Crippen LogP contribution in [0.3, 0.4) is 0 Å². The Morgan fingerprint density at radius 3 is 2.54 bits per heavy atom. The standard InChI is InChI=1S/C18H16N2O5S/c1-24-17(22)12-5-3-4-6-13(12)19-15(21)10-20-14(18(23)25-2)9-11-7-8-26-16(11)20/h3-9H,10H2,1-2H3,(H,19,21). The zero-order chi connectivity index (χ0) is 18.7. The summed E-state index contributed by atoms with van der Waals surface area (Å²) in [6.45, 7) is -0.0933. The molecule has 0 spiro atoms. The molecule has 3 aromatic rings. The van der Waals surface area contributed by atoms with Gasteiger partial charge in [-0.25, -0.2) is 9.59 Å². The quantitative estimate of drug-likeness (QED) is 0.696. The summed E-state index contributed by atoms with van der Waals surface area (Å²) in [7, 11) is 2.57. The second-order valence-corrected chi connectivity index (χ2v) is 6.27. The van der Waals surface area contributed by atoms with Crippen molar-refractivity contribution in [1.29, 1.82) is 0 Å². The van der Waals surface area contributed by atoms with Crippen molar-refractivity contribution in [3.63, 3.8) is 0 Å². The third-order valence-corrected chi connectivity index (χ3v) is 4.76. The van der Waals surface area contributed by atoms with Crippen molar-refractivity contribution in [2.45, 2.75) is 6.54 Å². The topological polar surface area (TPSA) is 86.6 Å². The Balaban J connectivity index is 1.88. The van der Waals surface area contributed by atoms with Gasteiger partial charge in [-0.15, -0.1) is 11.3 Å². The average molecular weight is 372 g/mol. The summed E-state index contributed by atoms with van der Waals surface area (Å²) in [5.41, 5.74) is 0.898. The Hall–Kier alpha value is -3.13. The van der Waals surface area contributed by atoms with E-state index < -0.39 is 11.9 Å². The number of carbonyl (C=O) groups excluding carboxylic acids is 3. The summed E-state index contributed by atoms with van der Waals surface area (Å²) in [5.74, 6) is -1.44. The predicted molar refractivity (Wildman–Crippen MR) is 97.6 cm³/mol. The van der Waals surface area contributed by atoms with Crippen LogP contribution in [0.5, 0.6) is 0 Å². The summed E-state index contributed by atoms with van der Waals surface area (Å²) in [6, 6.07) is 10.1. The molecule has 1 N–H and O–H groups in total. The molecular weight excluding hydrogens is 356 g/mol. The van der Waals surface area contributed by atoms with Crippen molar-refractivity contribution in [3.8, 4) is 0 Å². The second-order valence-electron chi connectivity index (χ2n) is 5.37. The van der Waals surface area contributed by atoms with E-state index in [2.05, 4.69) is 5.32 Å². The van der Waals surface area contributed by atoms with Crippen molar-refractivity contribution in [2.24, 2.45) is 0 Å². The molecule has 1 aromatic carbocycles. The molecule has 0 aliphatic carbocycles. The number of benzene rings is 1. The molecule has 0 saturated heterocycles. The van der Waals surface area contributed by atoms with Crippen LogP contribution in [0.4, 0.5) is 5.69 Å². The fraction of sp³-hybridized carbons (Fsp3) is 0.167. The summed E-state index contributed by atoms with van der Waals surface area (Å²) < 4.78 is 11.1. The first-order chi connectivity index (χ1) is 12.5. The monoisotopic (exact) mass is 372 g/mol. The van der Waals surface area contributed by atoms with Crippen molar-refractivity contribution in [3.05, 3.63) is 53.0 Å². The van der Waals surface area contributed by atoms with Crippen LogP contribution in [0.15, 0.2) is 41.8 Å². The maximum absolute atomic E-state index is 12.5. The normalized spacial score (nSPS) is 10.5. The van der Waals surface area contributed by atoms with Crippen molar-refractivity contribution in [1.82, 2.24) is 4.57 Å². The molecule has 0 unspecified atom stereocenters. The minimum absolute atomic E-state index is 0.0933. The lowest BCUT2D eigenvalue weighted by atomic mass is 10.2. The number of hydrogen-bond acceptors (Lipinski definition) is 6. The summed E-state index contributed by atoms with van der Waals surface area (Å²) in [5, 5.41) is 5.44. The van der Waals surface area contributed by atoms with Gasteiger partial charge >= 0.3 is 11.9 Å². The maximum Gasteiger partial charge on any atom is 0.354 e. The number of nitrogens with zero attached hydrogens (tertiary/aromatic N) is 1. The van der Waals surface area contributed by atoms with E-state index in [1.807, 2.05) is 11.4 Å². The molecule has 26 heavy (non-hydrogen) atoms. The van der Waals surface area contributed by atoms with E-state index in [0.717, 1.165) is 10.2 Å². The molecule has 0 aliphatic heterocycles. The van der Waals surface area contributed by atoms with Crippen LogP contribution < -0.4 is 5.32 Å². The molecule has 1 amide bonds. The maximum atomic E-state index is 12.5. The van der Waals surface area contributed by atoms with Gasteiger partial charge in [0.05, 0.1) is 25.5 Å². The van der Waals surface area contributed by atoms with E-state index in [9.17, 15) is 14.4 Å². The third-order valence-electron chi connectivity index (χ3n) is 3.81. The molecule has 7 nitrogen and oxygen atoms in total. The van der Waals surface area contributed by atoms with Crippen LogP contribution in [-0.2, 0) is 20.8 Å². The molecule has 3 rings (SSSR count). The van der Waals surface area contributed by atoms with Gasteiger partial charge in [-0.1, -0.05) is 12.1 Å². The summed E-state index contributed by atoms with van der Waals surface area (Å²) in [6.07, 6.45) is 0. The largest absolute Gasteiger partial charge is 0.465 e. The minimum Gasteiger partial charge on any atom is -0.465 e. The Bertz CT molecular complexity index is 989. The molecule has 0 saturated carbocycles. The lowest BCUT2D eigenvalue weighted by Crippen LogP contribution is -2.22. The van der Waals surface area contributed by atoms with Crippen LogP contribution in [0.2, 0.25) is 0 Å². The number of nitrogens with one attached hydrogen (secondary N) is 1. The van der Waals surface area contributed by atoms with E-state index in [0.29, 0.717) is 11.4 Å². The lowest BCUT2D eigenvalue weighted by molar-refractivity contribution is -0.116. The van der Waals surface area contributed by atoms with Crippen molar-refractivity contribution in [2.75, 3.05) is 19.5 Å². The molecule has 0 fully saturated rings. The molecule has 134 valence electrons. The first-order valence-electron chi connectivity index (χ1n) is 7.67. The summed E-state index contributed by atoms with van der Waals surface area (Å²) in [4.78, 5) is 37.1. The van der Waals surface area contributed by atoms with E-state index in [4.69, 9.17) is 9.47 Å². The SMILES string of the molecule is COC(=O)c1ccccc1NC(=O)Cn1c(C(=O)OC)cc2ccsc21. The van der Waals surface area contributed by atoms with Crippen LogP contribution >= 0.6 is 11.3 Å². The van der Waals surface area contributed by atoms with Gasteiger partial charge in [-0.05, 0) is 29.6 Å². The predicted octanol–water partition coefficient (Wildman–Crippen LogP) is 2.91. The Morgan fingerprint density at radius 1 is 1.08 bits per heavy atom. The highest BCUT2D eigenvalue weighted by Crippen LogP contribution is 2.26. The molecule has 0 atom stereocenters. The number of anilines is 1. The Labute approximate surface area is 153 Å². The van der Waals surface area contributed by atoms with Crippen LogP contribution in [0.1, 0.15) is 20.8 Å². The lowest BCUT2D eigenvalue weighted by Gasteiger charge is -2.12. The highest BCUT2D eigenvalue weighted by Gasteiger charge is 2.20. The molecule has 8 heteroatoms. The smallest absolute Gasteiger partial charge is 0.354 e. The highest BCUT2D eigenvalue weighted by molar-refractivity contribution is 7.16. The number of amides is 1. The van der Waals surface area contributed by atoms with Crippen molar-refractivity contribution < 1.29 is 23.9 Å². The van der Waals surface area contributed by atoms with Gasteiger partial charge in [0, 0.05) is 5.39 Å². The minimum atomic E-state index is -0.544. The number of hydrogen-bond donors (Lipinski definition) is 1. The molecule has 2 heterocycles. The van der Waals surface area contributed by atoms with E-state index in [1.54, 1.807) is 34.9 Å². The van der Waals surface area contributed by atoms with Gasteiger partial charge in [0.15, 0.2) is 0 Å². The first-order valence-corrected chi connectivity index (χ1v) is 8.55. The van der Waals surface area contributed by atoms with Gasteiger partial charge in [-0.3, -0.25) is 4.79 Å². The van der Waals surface area contributed by atoms with Crippen molar-refractivity contribution >= 4 is 45.1 Å². The van der Waals surface area contributed by atoms with Gasteiger partial charge in [-0.2, -0.15) is 0 Å². The average Bonchev–Trinajstić information content (AvgIpc) is 3.23. The number of aromatic nitrogens is 1. The van der Waals surface area contributed by atoms with Crippen LogP contribution in [-0.4, -0.2) is 36.6 Å². The van der Waals surface area contributed by atoms with E-state index >= 15 is 0 Å². The van der Waals surface area contributed by atoms with E-state index in [-0.39, 0.29) is 18.0 Å². The van der Waals surface area contributed by atoms with Crippen LogP contribution in [0.25, 0.3) is 10.2 Å². The molecule has 0 aliphatic rings. The second kappa shape index (κ2) is 7.40. The fourth-order valence-electron chi connectivity index (χ4n) is 2.62.